The molecule has 82 valence electrons. The second-order valence-electron chi connectivity index (χ2n) is 3.18. The van der Waals surface area contributed by atoms with Crippen LogP contribution in [0.4, 0.5) is 5.82 Å². The highest BCUT2D eigenvalue weighted by Crippen LogP contribution is 2.14. The number of nitrogens with zero attached hydrogens (tertiary/aromatic N) is 7. The summed E-state index contributed by atoms with van der Waals surface area (Å²) in [7, 11) is 0. The molecule has 0 spiro atoms. The van der Waals surface area contributed by atoms with Crippen molar-refractivity contribution in [2.45, 2.75) is 13.0 Å². The Bertz CT molecular complexity index is 538. The number of nitrogen functional groups attached to an aromatic ring is 1. The van der Waals surface area contributed by atoms with Crippen LogP contribution in [0, 0.1) is 0 Å². The van der Waals surface area contributed by atoms with E-state index in [0.717, 1.165) is 6.42 Å². The van der Waals surface area contributed by atoms with Gasteiger partial charge in [0.2, 0.25) is 0 Å². The van der Waals surface area contributed by atoms with Crippen LogP contribution in [0.1, 0.15) is 6.42 Å². The summed E-state index contributed by atoms with van der Waals surface area (Å²) >= 11 is 0. The van der Waals surface area contributed by atoms with Crippen LogP contribution in [0.5, 0.6) is 0 Å². The molecule has 0 unspecified atom stereocenters. The zero-order valence-corrected chi connectivity index (χ0v) is 8.48. The fourth-order valence-corrected chi connectivity index (χ4v) is 1.42. The number of azide groups is 1. The quantitative estimate of drug-likeness (QED) is 0.357. The van der Waals surface area contributed by atoms with Crippen LogP contribution in [0.15, 0.2) is 17.8 Å². The maximum absolute atomic E-state index is 8.13. The van der Waals surface area contributed by atoms with Gasteiger partial charge in [-0.25, -0.2) is 15.0 Å². The number of imidazole rings is 1. The minimum Gasteiger partial charge on any atom is -0.382 e. The van der Waals surface area contributed by atoms with Crippen LogP contribution in [-0.2, 0) is 6.54 Å². The lowest BCUT2D eigenvalue weighted by Gasteiger charge is -2.00. The standard InChI is InChI=1S/C8H10N8/c9-7-6-8(12-4-11-7)16(5-13-6)3-1-2-14-15-10/h4-5H,1-3H2,(H2,9,11,12). The normalized spacial score (nSPS) is 10.2. The van der Waals surface area contributed by atoms with E-state index in [1.165, 1.54) is 6.33 Å². The van der Waals surface area contributed by atoms with Gasteiger partial charge in [-0.3, -0.25) is 0 Å². The number of nitrogens with two attached hydrogens (primary N) is 1. The summed E-state index contributed by atoms with van der Waals surface area (Å²) in [5, 5.41) is 3.46. The van der Waals surface area contributed by atoms with Gasteiger partial charge in [-0.05, 0) is 12.0 Å². The number of fused-ring (bicyclic) bond motifs is 1. The van der Waals surface area contributed by atoms with Crippen molar-refractivity contribution in [1.29, 1.82) is 0 Å². The Kier molecular flexibility index (Phi) is 2.84. The summed E-state index contributed by atoms with van der Waals surface area (Å²) in [4.78, 5) is 14.8. The molecule has 0 aromatic carbocycles. The molecule has 2 rings (SSSR count). The van der Waals surface area contributed by atoms with Crippen LogP contribution in [0.3, 0.4) is 0 Å². The fourth-order valence-electron chi connectivity index (χ4n) is 1.42. The average molecular weight is 218 g/mol. The smallest absolute Gasteiger partial charge is 0.165 e. The number of hydrogen-bond acceptors (Lipinski definition) is 5. The summed E-state index contributed by atoms with van der Waals surface area (Å²) in [6.45, 7) is 1.14. The van der Waals surface area contributed by atoms with Crippen LogP contribution >= 0.6 is 0 Å². The third kappa shape index (κ3) is 1.86. The summed E-state index contributed by atoms with van der Waals surface area (Å²) in [6, 6.07) is 0. The third-order valence-corrected chi connectivity index (χ3v) is 2.15. The van der Waals surface area contributed by atoms with Crippen LogP contribution in [0.2, 0.25) is 0 Å². The van der Waals surface area contributed by atoms with Crippen LogP contribution in [-0.4, -0.2) is 26.1 Å². The predicted octanol–water partition coefficient (Wildman–Crippen LogP) is 1.11. The van der Waals surface area contributed by atoms with E-state index < -0.39 is 0 Å². The monoisotopic (exact) mass is 218 g/mol. The third-order valence-electron chi connectivity index (χ3n) is 2.15. The number of aromatic nitrogens is 4. The van der Waals surface area contributed by atoms with Crippen molar-refractivity contribution in [2.24, 2.45) is 5.11 Å². The molecule has 0 amide bonds. The Morgan fingerprint density at radius 1 is 1.44 bits per heavy atom. The maximum atomic E-state index is 8.13. The first-order valence-electron chi connectivity index (χ1n) is 4.75. The molecule has 0 saturated carbocycles. The Morgan fingerprint density at radius 2 is 2.31 bits per heavy atom. The van der Waals surface area contributed by atoms with Gasteiger partial charge >= 0.3 is 0 Å². The maximum Gasteiger partial charge on any atom is 0.165 e. The van der Waals surface area contributed by atoms with Gasteiger partial charge in [-0.1, -0.05) is 5.11 Å². The van der Waals surface area contributed by atoms with E-state index in [9.17, 15) is 0 Å². The lowest BCUT2D eigenvalue weighted by molar-refractivity contribution is 0.660. The SMILES string of the molecule is [N-]=[N+]=NCCCn1cnc2c(N)ncnc21. The van der Waals surface area contributed by atoms with E-state index in [4.69, 9.17) is 11.3 Å². The molecule has 2 aromatic rings. The molecule has 2 heterocycles. The van der Waals surface area contributed by atoms with E-state index in [0.29, 0.717) is 30.1 Å². The second-order valence-corrected chi connectivity index (χ2v) is 3.18. The highest BCUT2D eigenvalue weighted by molar-refractivity contribution is 5.80. The molecule has 8 heteroatoms. The zero-order valence-electron chi connectivity index (χ0n) is 8.48. The number of hydrogen-bond donors (Lipinski definition) is 1. The summed E-state index contributed by atoms with van der Waals surface area (Å²) < 4.78 is 1.86. The topological polar surface area (TPSA) is 118 Å². The van der Waals surface area contributed by atoms with Crippen molar-refractivity contribution in [3.05, 3.63) is 23.1 Å². The molecule has 0 atom stereocenters. The first-order chi connectivity index (χ1) is 7.83. The Morgan fingerprint density at radius 3 is 3.12 bits per heavy atom. The summed E-state index contributed by atoms with van der Waals surface area (Å²) in [5.74, 6) is 0.374. The number of aryl methyl sites for hydroxylation is 1. The van der Waals surface area contributed by atoms with E-state index in [1.807, 2.05) is 4.57 Å². The lowest BCUT2D eigenvalue weighted by Crippen LogP contribution is -2.00. The largest absolute Gasteiger partial charge is 0.382 e. The minimum absolute atomic E-state index is 0.374. The van der Waals surface area contributed by atoms with Gasteiger partial charge in [0.15, 0.2) is 11.5 Å². The van der Waals surface area contributed by atoms with Gasteiger partial charge < -0.3 is 10.3 Å². The fraction of sp³-hybridized carbons (Fsp3) is 0.375. The first-order valence-corrected chi connectivity index (χ1v) is 4.75. The molecule has 8 nitrogen and oxygen atoms in total. The van der Waals surface area contributed by atoms with Gasteiger partial charge in [0.05, 0.1) is 6.33 Å². The van der Waals surface area contributed by atoms with Crippen molar-refractivity contribution in [1.82, 2.24) is 19.5 Å². The van der Waals surface area contributed by atoms with Gasteiger partial charge in [0, 0.05) is 18.0 Å². The molecule has 0 bridgehead atoms. The van der Waals surface area contributed by atoms with Crippen molar-refractivity contribution >= 4 is 17.0 Å². The number of rotatable bonds is 4. The van der Waals surface area contributed by atoms with Crippen molar-refractivity contribution < 1.29 is 0 Å². The summed E-state index contributed by atoms with van der Waals surface area (Å²) in [6.07, 6.45) is 3.80. The number of anilines is 1. The first kappa shape index (κ1) is 10.2. The van der Waals surface area contributed by atoms with Crippen molar-refractivity contribution in [3.63, 3.8) is 0 Å². The highest BCUT2D eigenvalue weighted by Gasteiger charge is 2.06. The van der Waals surface area contributed by atoms with Crippen molar-refractivity contribution in [3.8, 4) is 0 Å². The molecule has 0 aliphatic heterocycles. The van der Waals surface area contributed by atoms with Gasteiger partial charge in [0.25, 0.3) is 0 Å². The summed E-state index contributed by atoms with van der Waals surface area (Å²) in [5.41, 5.74) is 15.1. The van der Waals surface area contributed by atoms with Gasteiger partial charge in [-0.2, -0.15) is 0 Å². The molecule has 16 heavy (non-hydrogen) atoms. The van der Waals surface area contributed by atoms with Gasteiger partial charge in [0.1, 0.15) is 11.8 Å². The molecule has 0 saturated heterocycles. The molecular weight excluding hydrogens is 208 g/mol. The molecule has 0 radical (unpaired) electrons. The Hall–Kier alpha value is -2.34. The predicted molar refractivity (Wildman–Crippen MR) is 58.4 cm³/mol. The second kappa shape index (κ2) is 4.45. The average Bonchev–Trinajstić information content (AvgIpc) is 2.70. The van der Waals surface area contributed by atoms with Crippen LogP contribution < -0.4 is 5.73 Å². The van der Waals surface area contributed by atoms with E-state index >= 15 is 0 Å². The van der Waals surface area contributed by atoms with Gasteiger partial charge in [-0.15, -0.1) is 0 Å². The Labute approximate surface area is 90.8 Å². The van der Waals surface area contributed by atoms with E-state index in [1.54, 1.807) is 6.33 Å². The van der Waals surface area contributed by atoms with Crippen LogP contribution in [0.25, 0.3) is 21.6 Å². The highest BCUT2D eigenvalue weighted by atomic mass is 15.1. The van der Waals surface area contributed by atoms with E-state index in [2.05, 4.69) is 25.0 Å². The molecule has 2 N–H and O–H groups in total. The Balaban J connectivity index is 2.19. The molecule has 2 aromatic heterocycles. The van der Waals surface area contributed by atoms with Crippen molar-refractivity contribution in [2.75, 3.05) is 12.3 Å². The molecule has 0 aliphatic carbocycles. The zero-order chi connectivity index (χ0) is 11.4. The molecular formula is C8H10N8. The van der Waals surface area contributed by atoms with E-state index in [-0.39, 0.29) is 0 Å². The minimum atomic E-state index is 0.374. The molecule has 0 aliphatic rings. The molecule has 0 fully saturated rings. The lowest BCUT2D eigenvalue weighted by atomic mass is 10.4.